The zero-order chi connectivity index (χ0) is 10.4. The first-order chi connectivity index (χ1) is 6.65. The lowest BCUT2D eigenvalue weighted by atomic mass is 9.79. The summed E-state index contributed by atoms with van der Waals surface area (Å²) in [4.78, 5) is 11.1. The van der Waals surface area contributed by atoms with Crippen molar-refractivity contribution in [3.63, 3.8) is 0 Å². The SMILES string of the molecule is CC1(C(=O)O)CCCCCCCCC1. The molecule has 0 atom stereocenters. The lowest BCUT2D eigenvalue weighted by Crippen LogP contribution is -2.27. The van der Waals surface area contributed by atoms with E-state index in [1.54, 1.807) is 0 Å². The summed E-state index contributed by atoms with van der Waals surface area (Å²) < 4.78 is 0. The average Bonchev–Trinajstić information content (AvgIpc) is 2.16. The van der Waals surface area contributed by atoms with Gasteiger partial charge in [0.15, 0.2) is 0 Å². The molecule has 1 N–H and O–H groups in total. The van der Waals surface area contributed by atoms with E-state index in [0.717, 1.165) is 25.7 Å². The number of carbonyl (C=O) groups is 1. The van der Waals surface area contributed by atoms with Crippen LogP contribution in [0.4, 0.5) is 0 Å². The molecule has 2 nitrogen and oxygen atoms in total. The van der Waals surface area contributed by atoms with Gasteiger partial charge in [-0.3, -0.25) is 4.79 Å². The van der Waals surface area contributed by atoms with Crippen LogP contribution in [-0.4, -0.2) is 11.1 Å². The highest BCUT2D eigenvalue weighted by atomic mass is 16.4. The predicted molar refractivity (Wildman–Crippen MR) is 57.3 cm³/mol. The summed E-state index contributed by atoms with van der Waals surface area (Å²) in [6, 6.07) is 0. The standard InChI is InChI=1S/C12H22O2/c1-12(11(13)14)9-7-5-3-2-4-6-8-10-12/h2-10H2,1H3,(H,13,14). The third-order valence-electron chi connectivity index (χ3n) is 3.47. The van der Waals surface area contributed by atoms with Gasteiger partial charge in [-0.1, -0.05) is 44.9 Å². The third kappa shape index (κ3) is 3.32. The van der Waals surface area contributed by atoms with Crippen molar-refractivity contribution >= 4 is 5.97 Å². The molecule has 0 aromatic heterocycles. The van der Waals surface area contributed by atoms with Gasteiger partial charge in [-0.15, -0.1) is 0 Å². The molecule has 14 heavy (non-hydrogen) atoms. The van der Waals surface area contributed by atoms with E-state index in [2.05, 4.69) is 0 Å². The van der Waals surface area contributed by atoms with E-state index in [4.69, 9.17) is 0 Å². The fourth-order valence-electron chi connectivity index (χ4n) is 2.25. The fraction of sp³-hybridized carbons (Fsp3) is 0.917. The van der Waals surface area contributed by atoms with Gasteiger partial charge in [0.2, 0.25) is 0 Å². The summed E-state index contributed by atoms with van der Waals surface area (Å²) in [5.41, 5.74) is -0.447. The van der Waals surface area contributed by atoms with Gasteiger partial charge >= 0.3 is 5.97 Å². The van der Waals surface area contributed by atoms with Crippen LogP contribution in [0.1, 0.15) is 64.7 Å². The van der Waals surface area contributed by atoms with E-state index in [0.29, 0.717) is 0 Å². The van der Waals surface area contributed by atoms with Crippen molar-refractivity contribution in [3.05, 3.63) is 0 Å². The van der Waals surface area contributed by atoms with Crippen LogP contribution in [-0.2, 0) is 4.79 Å². The summed E-state index contributed by atoms with van der Waals surface area (Å²) in [5.74, 6) is -0.599. The van der Waals surface area contributed by atoms with Gasteiger partial charge in [0.1, 0.15) is 0 Å². The maximum atomic E-state index is 11.1. The molecule has 0 aliphatic heterocycles. The van der Waals surface area contributed by atoms with E-state index in [1.807, 2.05) is 6.92 Å². The Bertz CT molecular complexity index is 177. The minimum Gasteiger partial charge on any atom is -0.481 e. The molecule has 0 aromatic rings. The van der Waals surface area contributed by atoms with Gasteiger partial charge in [-0.05, 0) is 19.8 Å². The van der Waals surface area contributed by atoms with Crippen molar-refractivity contribution in [2.45, 2.75) is 64.7 Å². The topological polar surface area (TPSA) is 37.3 Å². The Morgan fingerprint density at radius 2 is 1.29 bits per heavy atom. The predicted octanol–water partition coefficient (Wildman–Crippen LogP) is 3.60. The second-order valence-corrected chi connectivity index (χ2v) is 4.84. The van der Waals surface area contributed by atoms with Crippen LogP contribution >= 0.6 is 0 Å². The Hall–Kier alpha value is -0.530. The summed E-state index contributed by atoms with van der Waals surface area (Å²) in [5, 5.41) is 9.18. The Balaban J connectivity index is 2.49. The van der Waals surface area contributed by atoms with Crippen LogP contribution in [0.3, 0.4) is 0 Å². The van der Waals surface area contributed by atoms with Crippen molar-refractivity contribution in [3.8, 4) is 0 Å². The zero-order valence-electron chi connectivity index (χ0n) is 9.22. The van der Waals surface area contributed by atoms with Gasteiger partial charge in [0.05, 0.1) is 5.41 Å². The first kappa shape index (κ1) is 11.5. The van der Waals surface area contributed by atoms with Gasteiger partial charge < -0.3 is 5.11 Å². The zero-order valence-corrected chi connectivity index (χ0v) is 9.22. The molecule has 1 aliphatic carbocycles. The van der Waals surface area contributed by atoms with Crippen LogP contribution in [0, 0.1) is 5.41 Å². The van der Waals surface area contributed by atoms with Crippen molar-refractivity contribution < 1.29 is 9.90 Å². The molecule has 0 saturated heterocycles. The van der Waals surface area contributed by atoms with Crippen molar-refractivity contribution in [1.82, 2.24) is 0 Å². The van der Waals surface area contributed by atoms with Gasteiger partial charge in [0, 0.05) is 0 Å². The van der Waals surface area contributed by atoms with E-state index >= 15 is 0 Å². The lowest BCUT2D eigenvalue weighted by molar-refractivity contribution is -0.149. The van der Waals surface area contributed by atoms with E-state index < -0.39 is 11.4 Å². The molecule has 1 fully saturated rings. The molecule has 0 unspecified atom stereocenters. The largest absolute Gasteiger partial charge is 0.481 e. The molecule has 0 amide bonds. The van der Waals surface area contributed by atoms with Gasteiger partial charge in [0.25, 0.3) is 0 Å². The minimum atomic E-state index is -0.599. The molecule has 1 saturated carbocycles. The van der Waals surface area contributed by atoms with Crippen molar-refractivity contribution in [2.24, 2.45) is 5.41 Å². The van der Waals surface area contributed by atoms with Crippen molar-refractivity contribution in [2.75, 3.05) is 0 Å². The van der Waals surface area contributed by atoms with E-state index in [-0.39, 0.29) is 0 Å². The Kier molecular flexibility index (Phi) is 4.43. The van der Waals surface area contributed by atoms with Crippen LogP contribution in [0.15, 0.2) is 0 Å². The van der Waals surface area contributed by atoms with Gasteiger partial charge in [-0.2, -0.15) is 0 Å². The Labute approximate surface area is 86.7 Å². The van der Waals surface area contributed by atoms with Crippen LogP contribution in [0.2, 0.25) is 0 Å². The molecule has 0 heterocycles. The first-order valence-corrected chi connectivity index (χ1v) is 5.88. The highest BCUT2D eigenvalue weighted by Gasteiger charge is 2.31. The van der Waals surface area contributed by atoms with Crippen molar-refractivity contribution in [1.29, 1.82) is 0 Å². The molecule has 2 heteroatoms. The highest BCUT2D eigenvalue weighted by molar-refractivity contribution is 5.74. The van der Waals surface area contributed by atoms with Crippen LogP contribution in [0.25, 0.3) is 0 Å². The summed E-state index contributed by atoms with van der Waals surface area (Å²) in [6.07, 6.45) is 10.2. The molecule has 82 valence electrons. The number of hydrogen-bond acceptors (Lipinski definition) is 1. The lowest BCUT2D eigenvalue weighted by Gasteiger charge is -2.25. The molecule has 1 aliphatic rings. The number of carboxylic acids is 1. The summed E-state index contributed by atoms with van der Waals surface area (Å²) >= 11 is 0. The smallest absolute Gasteiger partial charge is 0.309 e. The maximum Gasteiger partial charge on any atom is 0.309 e. The normalized spacial score (nSPS) is 24.1. The second-order valence-electron chi connectivity index (χ2n) is 4.84. The third-order valence-corrected chi connectivity index (χ3v) is 3.47. The molecular formula is C12H22O2. The average molecular weight is 198 g/mol. The van der Waals surface area contributed by atoms with Crippen LogP contribution < -0.4 is 0 Å². The van der Waals surface area contributed by atoms with Crippen LogP contribution in [0.5, 0.6) is 0 Å². The fourth-order valence-corrected chi connectivity index (χ4v) is 2.25. The number of carboxylic acid groups (broad SMARTS) is 1. The maximum absolute atomic E-state index is 11.1. The molecule has 0 aromatic carbocycles. The molecular weight excluding hydrogens is 176 g/mol. The first-order valence-electron chi connectivity index (χ1n) is 5.88. The Morgan fingerprint density at radius 3 is 1.64 bits per heavy atom. The molecule has 0 bridgehead atoms. The molecule has 1 rings (SSSR count). The Morgan fingerprint density at radius 1 is 0.929 bits per heavy atom. The summed E-state index contributed by atoms with van der Waals surface area (Å²) in [6.45, 7) is 1.91. The monoisotopic (exact) mass is 198 g/mol. The van der Waals surface area contributed by atoms with Gasteiger partial charge in [-0.25, -0.2) is 0 Å². The number of aliphatic carboxylic acids is 1. The summed E-state index contributed by atoms with van der Waals surface area (Å²) in [7, 11) is 0. The number of rotatable bonds is 1. The minimum absolute atomic E-state index is 0.447. The highest BCUT2D eigenvalue weighted by Crippen LogP contribution is 2.32. The number of hydrogen-bond donors (Lipinski definition) is 1. The van der Waals surface area contributed by atoms with E-state index in [9.17, 15) is 9.90 Å². The molecule has 0 spiro atoms. The second kappa shape index (κ2) is 5.38. The molecule has 0 radical (unpaired) electrons. The van der Waals surface area contributed by atoms with E-state index in [1.165, 1.54) is 32.1 Å². The quantitative estimate of drug-likeness (QED) is 0.699.